The first kappa shape index (κ1) is 13.9. The minimum absolute atomic E-state index is 0.259. The van der Waals surface area contributed by atoms with Crippen molar-refractivity contribution in [3.63, 3.8) is 0 Å². The molecule has 0 heterocycles. The minimum atomic E-state index is -0.424. The van der Waals surface area contributed by atoms with Crippen molar-refractivity contribution in [3.8, 4) is 11.1 Å². The van der Waals surface area contributed by atoms with Gasteiger partial charge in [0.25, 0.3) is 0 Å². The molecular formula is C20H15F2N. The molecule has 114 valence electrons. The number of hydrogen-bond acceptors (Lipinski definition) is 1. The van der Waals surface area contributed by atoms with Gasteiger partial charge >= 0.3 is 0 Å². The molecule has 0 aliphatic heterocycles. The van der Waals surface area contributed by atoms with Crippen LogP contribution in [0.1, 0.15) is 16.7 Å². The Morgan fingerprint density at radius 2 is 1.65 bits per heavy atom. The molecule has 4 rings (SSSR count). The van der Waals surface area contributed by atoms with E-state index in [1.54, 1.807) is 0 Å². The average molecular weight is 307 g/mol. The van der Waals surface area contributed by atoms with Crippen LogP contribution in [-0.2, 0) is 13.0 Å². The van der Waals surface area contributed by atoms with Gasteiger partial charge in [0.1, 0.15) is 11.6 Å². The third kappa shape index (κ3) is 2.59. The van der Waals surface area contributed by atoms with E-state index in [1.807, 2.05) is 12.1 Å². The summed E-state index contributed by atoms with van der Waals surface area (Å²) in [5, 5.41) is 3.18. The van der Waals surface area contributed by atoms with Crippen molar-refractivity contribution < 1.29 is 8.78 Å². The van der Waals surface area contributed by atoms with Crippen LogP contribution in [0.5, 0.6) is 0 Å². The molecule has 0 spiro atoms. The summed E-state index contributed by atoms with van der Waals surface area (Å²) in [6, 6.07) is 18.1. The van der Waals surface area contributed by atoms with Gasteiger partial charge in [-0.15, -0.1) is 0 Å². The molecular weight excluding hydrogens is 292 g/mol. The summed E-state index contributed by atoms with van der Waals surface area (Å²) >= 11 is 0. The minimum Gasteiger partial charge on any atom is -0.381 e. The van der Waals surface area contributed by atoms with Crippen molar-refractivity contribution in [3.05, 3.63) is 89.0 Å². The summed E-state index contributed by atoms with van der Waals surface area (Å²) in [6.07, 6.45) is 0.912. The van der Waals surface area contributed by atoms with Gasteiger partial charge in [-0.1, -0.05) is 30.3 Å². The Labute approximate surface area is 133 Å². The molecule has 0 bridgehead atoms. The van der Waals surface area contributed by atoms with E-state index >= 15 is 0 Å². The molecule has 0 saturated carbocycles. The first-order chi connectivity index (χ1) is 11.2. The van der Waals surface area contributed by atoms with E-state index < -0.39 is 11.6 Å². The summed E-state index contributed by atoms with van der Waals surface area (Å²) in [5.74, 6) is -0.819. The smallest absolute Gasteiger partial charge is 0.128 e. The van der Waals surface area contributed by atoms with Crippen molar-refractivity contribution in [1.82, 2.24) is 0 Å². The maximum absolute atomic E-state index is 13.7. The van der Waals surface area contributed by atoms with Crippen LogP contribution in [0.3, 0.4) is 0 Å². The predicted octanol–water partition coefficient (Wildman–Crippen LogP) is 5.15. The van der Waals surface area contributed by atoms with Gasteiger partial charge in [-0.2, -0.15) is 0 Å². The zero-order chi connectivity index (χ0) is 15.8. The van der Waals surface area contributed by atoms with Gasteiger partial charge in [-0.05, 0) is 59.0 Å². The molecule has 0 radical (unpaired) electrons. The van der Waals surface area contributed by atoms with Crippen LogP contribution >= 0.6 is 0 Å². The van der Waals surface area contributed by atoms with Crippen molar-refractivity contribution >= 4 is 5.69 Å². The second kappa shape index (κ2) is 5.51. The number of anilines is 1. The Morgan fingerprint density at radius 1 is 0.826 bits per heavy atom. The zero-order valence-electron chi connectivity index (χ0n) is 12.4. The third-order valence-electron chi connectivity index (χ3n) is 4.28. The van der Waals surface area contributed by atoms with E-state index in [0.717, 1.165) is 24.2 Å². The molecule has 23 heavy (non-hydrogen) atoms. The highest BCUT2D eigenvalue weighted by molar-refractivity contribution is 5.78. The molecule has 1 aliphatic rings. The maximum atomic E-state index is 13.7. The predicted molar refractivity (Wildman–Crippen MR) is 88.4 cm³/mol. The van der Waals surface area contributed by atoms with Crippen LogP contribution < -0.4 is 5.32 Å². The second-order valence-electron chi connectivity index (χ2n) is 5.80. The fraction of sp³-hybridized carbons (Fsp3) is 0.100. The quantitative estimate of drug-likeness (QED) is 0.552. The van der Waals surface area contributed by atoms with Crippen LogP contribution in [0.4, 0.5) is 14.5 Å². The molecule has 0 amide bonds. The first-order valence-corrected chi connectivity index (χ1v) is 7.60. The zero-order valence-corrected chi connectivity index (χ0v) is 12.4. The van der Waals surface area contributed by atoms with Gasteiger partial charge in [-0.25, -0.2) is 8.78 Å². The number of hydrogen-bond donors (Lipinski definition) is 1. The lowest BCUT2D eigenvalue weighted by Crippen LogP contribution is -2.02. The van der Waals surface area contributed by atoms with E-state index in [9.17, 15) is 8.78 Å². The van der Waals surface area contributed by atoms with Crippen LogP contribution in [-0.4, -0.2) is 0 Å². The Bertz CT molecular complexity index is 887. The molecule has 0 fully saturated rings. The highest BCUT2D eigenvalue weighted by atomic mass is 19.1. The lowest BCUT2D eigenvalue weighted by molar-refractivity contribution is 0.587. The molecule has 3 aromatic rings. The highest BCUT2D eigenvalue weighted by Crippen LogP contribution is 2.37. The van der Waals surface area contributed by atoms with Crippen LogP contribution in [0, 0.1) is 11.6 Å². The van der Waals surface area contributed by atoms with Gasteiger partial charge in [0.05, 0.1) is 0 Å². The highest BCUT2D eigenvalue weighted by Gasteiger charge is 2.17. The van der Waals surface area contributed by atoms with E-state index in [0.29, 0.717) is 5.56 Å². The van der Waals surface area contributed by atoms with E-state index in [2.05, 4.69) is 35.6 Å². The van der Waals surface area contributed by atoms with Crippen molar-refractivity contribution in [2.45, 2.75) is 13.0 Å². The molecule has 1 N–H and O–H groups in total. The molecule has 0 saturated heterocycles. The molecule has 0 aromatic heterocycles. The largest absolute Gasteiger partial charge is 0.381 e. The normalized spacial score (nSPS) is 11.9. The first-order valence-electron chi connectivity index (χ1n) is 7.60. The van der Waals surface area contributed by atoms with Gasteiger partial charge < -0.3 is 5.32 Å². The van der Waals surface area contributed by atoms with Gasteiger partial charge in [0.2, 0.25) is 0 Å². The van der Waals surface area contributed by atoms with E-state index in [1.165, 1.54) is 28.3 Å². The summed E-state index contributed by atoms with van der Waals surface area (Å²) in [4.78, 5) is 0. The van der Waals surface area contributed by atoms with Crippen LogP contribution in [0.25, 0.3) is 11.1 Å². The molecule has 3 heteroatoms. The summed E-state index contributed by atoms with van der Waals surface area (Å²) in [5.41, 5.74) is 6.37. The lowest BCUT2D eigenvalue weighted by Gasteiger charge is -2.09. The average Bonchev–Trinajstić information content (AvgIpc) is 2.93. The lowest BCUT2D eigenvalue weighted by atomic mass is 10.1. The van der Waals surface area contributed by atoms with Crippen LogP contribution in [0.2, 0.25) is 0 Å². The molecule has 0 unspecified atom stereocenters. The van der Waals surface area contributed by atoms with Crippen molar-refractivity contribution in [1.29, 1.82) is 0 Å². The molecule has 1 aliphatic carbocycles. The maximum Gasteiger partial charge on any atom is 0.128 e. The van der Waals surface area contributed by atoms with E-state index in [4.69, 9.17) is 0 Å². The molecule has 1 nitrogen and oxygen atoms in total. The number of benzene rings is 3. The van der Waals surface area contributed by atoms with Gasteiger partial charge in [0.15, 0.2) is 0 Å². The summed E-state index contributed by atoms with van der Waals surface area (Å²) in [6.45, 7) is 0.259. The van der Waals surface area contributed by atoms with Gasteiger partial charge in [-0.3, -0.25) is 0 Å². The molecule has 0 atom stereocenters. The second-order valence-corrected chi connectivity index (χ2v) is 5.80. The molecule has 3 aromatic carbocycles. The Balaban J connectivity index is 1.56. The third-order valence-corrected chi connectivity index (χ3v) is 4.28. The summed E-state index contributed by atoms with van der Waals surface area (Å²) in [7, 11) is 0. The fourth-order valence-corrected chi connectivity index (χ4v) is 3.13. The fourth-order valence-electron chi connectivity index (χ4n) is 3.13. The summed E-state index contributed by atoms with van der Waals surface area (Å²) < 4.78 is 26.9. The van der Waals surface area contributed by atoms with Crippen LogP contribution in [0.15, 0.2) is 60.7 Å². The standard InChI is InChI=1S/C20H15F2N/c21-16-5-8-20(22)15(10-16)12-23-17-6-7-19-14(11-17)9-13-3-1-2-4-18(13)19/h1-8,10-11,23H,9,12H2. The SMILES string of the molecule is Fc1ccc(F)c(CNc2ccc3c(c2)Cc2ccccc2-3)c1. The number of fused-ring (bicyclic) bond motifs is 3. The number of nitrogens with one attached hydrogen (secondary N) is 1. The Hall–Kier alpha value is -2.68. The van der Waals surface area contributed by atoms with Gasteiger partial charge in [0, 0.05) is 17.8 Å². The number of halogens is 2. The van der Waals surface area contributed by atoms with E-state index in [-0.39, 0.29) is 6.54 Å². The Kier molecular flexibility index (Phi) is 3.34. The van der Waals surface area contributed by atoms with Crippen molar-refractivity contribution in [2.75, 3.05) is 5.32 Å². The topological polar surface area (TPSA) is 12.0 Å². The Morgan fingerprint density at radius 3 is 2.57 bits per heavy atom. The monoisotopic (exact) mass is 307 g/mol. The number of rotatable bonds is 3. The van der Waals surface area contributed by atoms with Crippen molar-refractivity contribution in [2.24, 2.45) is 0 Å².